The van der Waals surface area contributed by atoms with Gasteiger partial charge in [-0.15, -0.1) is 0 Å². The van der Waals surface area contributed by atoms with Crippen molar-refractivity contribution in [3.05, 3.63) is 69.7 Å². The maximum absolute atomic E-state index is 10.1. The molecule has 2 rings (SSSR count). The number of aliphatic hydroxyl groups is 1. The summed E-state index contributed by atoms with van der Waals surface area (Å²) in [5.41, 5.74) is 1.94. The number of aryl methyl sites for hydroxylation is 1. The second kappa shape index (κ2) is 6.24. The van der Waals surface area contributed by atoms with E-state index in [1.54, 1.807) is 6.07 Å². The molecule has 3 heteroatoms. The Morgan fingerprint density at radius 1 is 1.00 bits per heavy atom. The maximum atomic E-state index is 10.1. The predicted octanol–water partition coefficient (Wildman–Crippen LogP) is 4.66. The molecule has 0 aromatic heterocycles. The predicted molar refractivity (Wildman–Crippen MR) is 76.2 cm³/mol. The van der Waals surface area contributed by atoms with E-state index in [9.17, 15) is 5.11 Å². The molecule has 0 amide bonds. The summed E-state index contributed by atoms with van der Waals surface area (Å²) in [6.45, 7) is 0. The molecule has 1 nitrogen and oxygen atoms in total. The Labute approximate surface area is 117 Å². The lowest BCUT2D eigenvalue weighted by atomic mass is 10.0. The fourth-order valence-corrected chi connectivity index (χ4v) is 2.36. The van der Waals surface area contributed by atoms with Gasteiger partial charge >= 0.3 is 0 Å². The van der Waals surface area contributed by atoms with E-state index in [1.807, 2.05) is 42.5 Å². The van der Waals surface area contributed by atoms with Crippen LogP contribution in [0.3, 0.4) is 0 Å². The van der Waals surface area contributed by atoms with Gasteiger partial charge in [0.15, 0.2) is 0 Å². The van der Waals surface area contributed by atoms with E-state index in [-0.39, 0.29) is 0 Å². The first-order chi connectivity index (χ1) is 8.66. The summed E-state index contributed by atoms with van der Waals surface area (Å²) >= 11 is 11.9. The van der Waals surface area contributed by atoms with Crippen LogP contribution in [0.2, 0.25) is 10.0 Å². The molecule has 1 N–H and O–H groups in total. The lowest BCUT2D eigenvalue weighted by Crippen LogP contribution is -1.99. The highest BCUT2D eigenvalue weighted by molar-refractivity contribution is 6.35. The second-order valence-corrected chi connectivity index (χ2v) is 5.04. The van der Waals surface area contributed by atoms with E-state index in [2.05, 4.69) is 0 Å². The molecule has 0 saturated heterocycles. The van der Waals surface area contributed by atoms with Gasteiger partial charge in [0.05, 0.1) is 6.10 Å². The summed E-state index contributed by atoms with van der Waals surface area (Å²) in [5, 5.41) is 11.3. The van der Waals surface area contributed by atoms with Crippen LogP contribution in [-0.2, 0) is 6.42 Å². The van der Waals surface area contributed by atoms with E-state index >= 15 is 0 Å². The first-order valence-corrected chi connectivity index (χ1v) is 6.59. The van der Waals surface area contributed by atoms with E-state index in [1.165, 1.54) is 0 Å². The summed E-state index contributed by atoms with van der Waals surface area (Å²) in [7, 11) is 0. The Bertz CT molecular complexity index is 511. The van der Waals surface area contributed by atoms with Crippen LogP contribution in [0.1, 0.15) is 23.7 Å². The highest BCUT2D eigenvalue weighted by Gasteiger charge is 2.08. The van der Waals surface area contributed by atoms with Gasteiger partial charge in [-0.3, -0.25) is 0 Å². The summed E-state index contributed by atoms with van der Waals surface area (Å²) in [6, 6.07) is 15.1. The Balaban J connectivity index is 1.99. The van der Waals surface area contributed by atoms with Crippen molar-refractivity contribution in [2.24, 2.45) is 0 Å². The number of benzene rings is 2. The molecule has 0 aliphatic rings. The fraction of sp³-hybridized carbons (Fsp3) is 0.200. The highest BCUT2D eigenvalue weighted by atomic mass is 35.5. The minimum atomic E-state index is -0.460. The monoisotopic (exact) mass is 280 g/mol. The Morgan fingerprint density at radius 3 is 2.39 bits per heavy atom. The first-order valence-electron chi connectivity index (χ1n) is 5.84. The molecule has 0 aliphatic carbocycles. The minimum Gasteiger partial charge on any atom is -0.388 e. The molecule has 0 bridgehead atoms. The quantitative estimate of drug-likeness (QED) is 0.864. The van der Waals surface area contributed by atoms with Crippen LogP contribution in [0, 0.1) is 0 Å². The third-order valence-electron chi connectivity index (χ3n) is 2.89. The topological polar surface area (TPSA) is 20.2 Å². The maximum Gasteiger partial charge on any atom is 0.0793 e. The molecule has 0 saturated carbocycles. The van der Waals surface area contributed by atoms with Gasteiger partial charge < -0.3 is 5.11 Å². The molecule has 1 atom stereocenters. The normalized spacial score (nSPS) is 12.4. The number of hydrogen-bond donors (Lipinski definition) is 1. The van der Waals surface area contributed by atoms with Crippen LogP contribution in [0.4, 0.5) is 0 Å². The zero-order valence-electron chi connectivity index (χ0n) is 9.81. The van der Waals surface area contributed by atoms with Crippen molar-refractivity contribution in [3.8, 4) is 0 Å². The first kappa shape index (κ1) is 13.4. The average Bonchev–Trinajstić information content (AvgIpc) is 2.38. The summed E-state index contributed by atoms with van der Waals surface area (Å²) < 4.78 is 0. The Hall–Kier alpha value is -1.02. The molecule has 18 heavy (non-hydrogen) atoms. The van der Waals surface area contributed by atoms with Crippen molar-refractivity contribution < 1.29 is 5.11 Å². The van der Waals surface area contributed by atoms with Gasteiger partial charge in [-0.05, 0) is 36.1 Å². The average molecular weight is 281 g/mol. The van der Waals surface area contributed by atoms with Crippen molar-refractivity contribution in [3.63, 3.8) is 0 Å². The number of hydrogen-bond acceptors (Lipinski definition) is 1. The molecule has 94 valence electrons. The zero-order chi connectivity index (χ0) is 13.0. The molecular formula is C15H14Cl2O. The number of halogens is 2. The van der Waals surface area contributed by atoms with Crippen molar-refractivity contribution in [2.45, 2.75) is 18.9 Å². The van der Waals surface area contributed by atoms with Crippen molar-refractivity contribution in [2.75, 3.05) is 0 Å². The lowest BCUT2D eigenvalue weighted by Gasteiger charge is -2.11. The van der Waals surface area contributed by atoms with Gasteiger partial charge in [0.2, 0.25) is 0 Å². The van der Waals surface area contributed by atoms with E-state index < -0.39 is 6.10 Å². The molecule has 2 aromatic carbocycles. The van der Waals surface area contributed by atoms with Crippen molar-refractivity contribution in [1.82, 2.24) is 0 Å². The minimum absolute atomic E-state index is 0.460. The Kier molecular flexibility index (Phi) is 4.65. The molecule has 0 aliphatic heterocycles. The van der Waals surface area contributed by atoms with Gasteiger partial charge in [0, 0.05) is 10.0 Å². The molecule has 2 aromatic rings. The summed E-state index contributed by atoms with van der Waals surface area (Å²) in [4.78, 5) is 0. The standard InChI is InChI=1S/C15H14Cl2O/c16-13-8-6-11(14(17)10-13)7-9-15(18)12-4-2-1-3-5-12/h1-6,8,10,15,18H,7,9H2. The number of aliphatic hydroxyl groups excluding tert-OH is 1. The van der Waals surface area contributed by atoms with Gasteiger partial charge in [-0.2, -0.15) is 0 Å². The van der Waals surface area contributed by atoms with E-state index in [4.69, 9.17) is 23.2 Å². The largest absolute Gasteiger partial charge is 0.388 e. The number of rotatable bonds is 4. The zero-order valence-corrected chi connectivity index (χ0v) is 11.3. The molecule has 1 unspecified atom stereocenters. The third kappa shape index (κ3) is 3.49. The molecule has 0 spiro atoms. The van der Waals surface area contributed by atoms with E-state index in [0.29, 0.717) is 16.5 Å². The Morgan fingerprint density at radius 2 is 1.72 bits per heavy atom. The lowest BCUT2D eigenvalue weighted by molar-refractivity contribution is 0.168. The van der Waals surface area contributed by atoms with E-state index in [0.717, 1.165) is 17.5 Å². The smallest absolute Gasteiger partial charge is 0.0793 e. The third-order valence-corrected chi connectivity index (χ3v) is 3.47. The van der Waals surface area contributed by atoms with Crippen LogP contribution >= 0.6 is 23.2 Å². The summed E-state index contributed by atoms with van der Waals surface area (Å²) in [6.07, 6.45) is 0.912. The summed E-state index contributed by atoms with van der Waals surface area (Å²) in [5.74, 6) is 0. The van der Waals surface area contributed by atoms with Crippen molar-refractivity contribution in [1.29, 1.82) is 0 Å². The van der Waals surface area contributed by atoms with Crippen LogP contribution in [0.25, 0.3) is 0 Å². The molecular weight excluding hydrogens is 267 g/mol. The molecule has 0 heterocycles. The molecule has 0 radical (unpaired) electrons. The second-order valence-electron chi connectivity index (χ2n) is 4.20. The SMILES string of the molecule is OC(CCc1ccc(Cl)cc1Cl)c1ccccc1. The van der Waals surface area contributed by atoms with Gasteiger partial charge in [-0.25, -0.2) is 0 Å². The van der Waals surface area contributed by atoms with Crippen LogP contribution in [0.15, 0.2) is 48.5 Å². The van der Waals surface area contributed by atoms with Crippen molar-refractivity contribution >= 4 is 23.2 Å². The van der Waals surface area contributed by atoms with Crippen LogP contribution < -0.4 is 0 Å². The van der Waals surface area contributed by atoms with Crippen LogP contribution in [-0.4, -0.2) is 5.11 Å². The highest BCUT2D eigenvalue weighted by Crippen LogP contribution is 2.25. The van der Waals surface area contributed by atoms with Gasteiger partial charge in [0.25, 0.3) is 0 Å². The van der Waals surface area contributed by atoms with Crippen LogP contribution in [0.5, 0.6) is 0 Å². The van der Waals surface area contributed by atoms with Gasteiger partial charge in [-0.1, -0.05) is 59.6 Å². The molecule has 0 fully saturated rings. The fourth-order valence-electron chi connectivity index (χ4n) is 1.86. The van der Waals surface area contributed by atoms with Gasteiger partial charge in [0.1, 0.15) is 0 Å².